The van der Waals surface area contributed by atoms with Gasteiger partial charge in [-0.3, -0.25) is 0 Å². The van der Waals surface area contributed by atoms with Gasteiger partial charge in [-0.2, -0.15) is 4.98 Å². The Morgan fingerprint density at radius 1 is 1.10 bits per heavy atom. The number of hydrogen-bond acceptors (Lipinski definition) is 4. The Morgan fingerprint density at radius 3 is 2.75 bits per heavy atom. The number of nitrogen functional groups attached to an aromatic ring is 1. The molecule has 1 aromatic heterocycles. The second-order valence-electron chi connectivity index (χ2n) is 4.56. The highest BCUT2D eigenvalue weighted by Crippen LogP contribution is 2.26. The van der Waals surface area contributed by atoms with Crippen molar-refractivity contribution in [2.45, 2.75) is 13.3 Å². The molecule has 4 heteroatoms. The zero-order valence-corrected chi connectivity index (χ0v) is 11.2. The maximum absolute atomic E-state index is 5.77. The molecule has 100 valence electrons. The molecule has 20 heavy (non-hydrogen) atoms. The molecule has 0 spiro atoms. The first-order chi connectivity index (χ1) is 9.78. The van der Waals surface area contributed by atoms with Gasteiger partial charge in [-0.25, -0.2) is 0 Å². The van der Waals surface area contributed by atoms with Crippen molar-refractivity contribution < 1.29 is 4.52 Å². The topological polar surface area (TPSA) is 64.9 Å². The lowest BCUT2D eigenvalue weighted by atomic mass is 10.1. The Morgan fingerprint density at radius 2 is 1.95 bits per heavy atom. The summed E-state index contributed by atoms with van der Waals surface area (Å²) in [6, 6.07) is 15.5. The van der Waals surface area contributed by atoms with Crippen LogP contribution in [0.15, 0.2) is 53.1 Å². The fraction of sp³-hybridized carbons (Fsp3) is 0.125. The standard InChI is InChI=1S/C16H15N3O/c1-2-11-6-3-4-9-14(11)16-18-15(19-20-16)12-7-5-8-13(17)10-12/h3-10H,2,17H2,1H3. The van der Waals surface area contributed by atoms with Crippen molar-refractivity contribution in [1.29, 1.82) is 0 Å². The first-order valence-electron chi connectivity index (χ1n) is 6.56. The first-order valence-corrected chi connectivity index (χ1v) is 6.56. The number of nitrogens with zero attached hydrogens (tertiary/aromatic N) is 2. The molecule has 2 N–H and O–H groups in total. The van der Waals surface area contributed by atoms with Gasteiger partial charge >= 0.3 is 0 Å². The minimum Gasteiger partial charge on any atom is -0.399 e. The van der Waals surface area contributed by atoms with E-state index in [4.69, 9.17) is 10.3 Å². The Labute approximate surface area is 117 Å². The molecule has 0 bridgehead atoms. The molecule has 0 atom stereocenters. The van der Waals surface area contributed by atoms with Crippen LogP contribution in [0, 0.1) is 0 Å². The van der Waals surface area contributed by atoms with Crippen LogP contribution >= 0.6 is 0 Å². The van der Waals surface area contributed by atoms with Crippen LogP contribution in [0.2, 0.25) is 0 Å². The van der Waals surface area contributed by atoms with E-state index in [0.29, 0.717) is 17.4 Å². The summed E-state index contributed by atoms with van der Waals surface area (Å²) < 4.78 is 5.39. The molecule has 0 aliphatic rings. The number of anilines is 1. The van der Waals surface area contributed by atoms with Gasteiger partial charge in [0.1, 0.15) is 0 Å². The number of hydrogen-bond donors (Lipinski definition) is 1. The third-order valence-corrected chi connectivity index (χ3v) is 3.20. The second-order valence-corrected chi connectivity index (χ2v) is 4.56. The number of aryl methyl sites for hydroxylation is 1. The van der Waals surface area contributed by atoms with Gasteiger partial charge in [0.05, 0.1) is 0 Å². The van der Waals surface area contributed by atoms with Gasteiger partial charge in [-0.05, 0) is 30.2 Å². The molecule has 3 rings (SSSR count). The molecule has 0 amide bonds. The molecule has 0 aliphatic heterocycles. The summed E-state index contributed by atoms with van der Waals surface area (Å²) in [4.78, 5) is 4.47. The lowest BCUT2D eigenvalue weighted by Crippen LogP contribution is -1.88. The highest BCUT2D eigenvalue weighted by molar-refractivity contribution is 5.64. The molecular weight excluding hydrogens is 250 g/mol. The van der Waals surface area contributed by atoms with Crippen molar-refractivity contribution in [3.63, 3.8) is 0 Å². The summed E-state index contributed by atoms with van der Waals surface area (Å²) in [6.45, 7) is 2.11. The first kappa shape index (κ1) is 12.4. The van der Waals surface area contributed by atoms with E-state index < -0.39 is 0 Å². The molecular formula is C16H15N3O. The third kappa shape index (κ3) is 2.28. The minimum absolute atomic E-state index is 0.542. The van der Waals surface area contributed by atoms with Crippen LogP contribution in [0.25, 0.3) is 22.8 Å². The van der Waals surface area contributed by atoms with Gasteiger partial charge in [-0.15, -0.1) is 0 Å². The predicted molar refractivity (Wildman–Crippen MR) is 79.0 cm³/mol. The second kappa shape index (κ2) is 5.17. The summed E-state index contributed by atoms with van der Waals surface area (Å²) >= 11 is 0. The Hall–Kier alpha value is -2.62. The summed E-state index contributed by atoms with van der Waals surface area (Å²) in [6.07, 6.45) is 0.923. The lowest BCUT2D eigenvalue weighted by Gasteiger charge is -2.01. The predicted octanol–water partition coefficient (Wildman–Crippen LogP) is 3.55. The van der Waals surface area contributed by atoms with E-state index in [9.17, 15) is 0 Å². The fourth-order valence-corrected chi connectivity index (χ4v) is 2.17. The zero-order chi connectivity index (χ0) is 13.9. The van der Waals surface area contributed by atoms with Gasteiger partial charge in [0.25, 0.3) is 5.89 Å². The van der Waals surface area contributed by atoms with E-state index in [1.165, 1.54) is 5.56 Å². The van der Waals surface area contributed by atoms with Gasteiger partial charge in [0.15, 0.2) is 0 Å². The van der Waals surface area contributed by atoms with E-state index in [1.54, 1.807) is 0 Å². The number of rotatable bonds is 3. The van der Waals surface area contributed by atoms with Crippen molar-refractivity contribution in [3.8, 4) is 22.8 Å². The molecule has 0 unspecified atom stereocenters. The van der Waals surface area contributed by atoms with Gasteiger partial charge < -0.3 is 10.3 Å². The quantitative estimate of drug-likeness (QED) is 0.735. The lowest BCUT2D eigenvalue weighted by molar-refractivity contribution is 0.432. The van der Waals surface area contributed by atoms with Crippen molar-refractivity contribution in [2.75, 3.05) is 5.73 Å². The van der Waals surface area contributed by atoms with Crippen LogP contribution < -0.4 is 5.73 Å². The van der Waals surface area contributed by atoms with Crippen molar-refractivity contribution in [2.24, 2.45) is 0 Å². The summed E-state index contributed by atoms with van der Waals surface area (Å²) in [5.74, 6) is 1.10. The van der Waals surface area contributed by atoms with Crippen LogP contribution in [0.1, 0.15) is 12.5 Å². The van der Waals surface area contributed by atoms with Crippen molar-refractivity contribution in [3.05, 3.63) is 54.1 Å². The van der Waals surface area contributed by atoms with Gasteiger partial charge in [0.2, 0.25) is 5.82 Å². The molecule has 0 radical (unpaired) electrons. The van der Waals surface area contributed by atoms with Crippen LogP contribution in [-0.2, 0) is 6.42 Å². The van der Waals surface area contributed by atoms with E-state index in [-0.39, 0.29) is 0 Å². The minimum atomic E-state index is 0.542. The molecule has 0 saturated heterocycles. The van der Waals surface area contributed by atoms with Crippen LogP contribution in [-0.4, -0.2) is 10.1 Å². The number of benzene rings is 2. The maximum Gasteiger partial charge on any atom is 0.258 e. The SMILES string of the molecule is CCc1ccccc1-c1nc(-c2cccc(N)c2)no1. The Balaban J connectivity index is 2.02. The van der Waals surface area contributed by atoms with Crippen molar-refractivity contribution in [1.82, 2.24) is 10.1 Å². The molecule has 0 fully saturated rings. The largest absolute Gasteiger partial charge is 0.399 e. The number of aromatic nitrogens is 2. The van der Waals surface area contributed by atoms with E-state index in [1.807, 2.05) is 42.5 Å². The fourth-order valence-electron chi connectivity index (χ4n) is 2.17. The maximum atomic E-state index is 5.77. The average molecular weight is 265 g/mol. The summed E-state index contributed by atoms with van der Waals surface area (Å²) in [5, 5.41) is 4.04. The smallest absolute Gasteiger partial charge is 0.258 e. The van der Waals surface area contributed by atoms with E-state index in [0.717, 1.165) is 17.5 Å². The average Bonchev–Trinajstić information content (AvgIpc) is 2.97. The van der Waals surface area contributed by atoms with Crippen LogP contribution in [0.5, 0.6) is 0 Å². The summed E-state index contributed by atoms with van der Waals surface area (Å²) in [7, 11) is 0. The molecule has 2 aromatic carbocycles. The van der Waals surface area contributed by atoms with Crippen molar-refractivity contribution >= 4 is 5.69 Å². The van der Waals surface area contributed by atoms with E-state index >= 15 is 0 Å². The third-order valence-electron chi connectivity index (χ3n) is 3.20. The number of nitrogens with two attached hydrogens (primary N) is 1. The van der Waals surface area contributed by atoms with Gasteiger partial charge in [-0.1, -0.05) is 42.4 Å². The van der Waals surface area contributed by atoms with Crippen LogP contribution in [0.3, 0.4) is 0 Å². The molecule has 0 aliphatic carbocycles. The molecule has 1 heterocycles. The Bertz CT molecular complexity index is 734. The molecule has 4 nitrogen and oxygen atoms in total. The highest BCUT2D eigenvalue weighted by Gasteiger charge is 2.13. The highest BCUT2D eigenvalue weighted by atomic mass is 16.5. The van der Waals surface area contributed by atoms with Gasteiger partial charge in [0, 0.05) is 16.8 Å². The monoisotopic (exact) mass is 265 g/mol. The normalized spacial score (nSPS) is 10.7. The summed E-state index contributed by atoms with van der Waals surface area (Å²) in [5.41, 5.74) is 9.49. The molecule has 0 saturated carbocycles. The van der Waals surface area contributed by atoms with Crippen LogP contribution in [0.4, 0.5) is 5.69 Å². The zero-order valence-electron chi connectivity index (χ0n) is 11.2. The molecule has 3 aromatic rings. The Kier molecular flexibility index (Phi) is 3.21. The van der Waals surface area contributed by atoms with E-state index in [2.05, 4.69) is 23.1 Å².